The molecular formula is C25H23N3O2. The number of nitrogens with zero attached hydrogens (tertiary/aromatic N) is 1. The van der Waals surface area contributed by atoms with Crippen LogP contribution in [0.4, 0.5) is 0 Å². The molecule has 150 valence electrons. The Balaban J connectivity index is 1.83. The first-order valence-electron chi connectivity index (χ1n) is 9.86. The Kier molecular flexibility index (Phi) is 5.11. The third kappa shape index (κ3) is 3.46. The van der Waals surface area contributed by atoms with Gasteiger partial charge in [-0.3, -0.25) is 5.41 Å². The number of rotatable bonds is 6. The summed E-state index contributed by atoms with van der Waals surface area (Å²) in [6.07, 6.45) is 2.81. The van der Waals surface area contributed by atoms with E-state index in [0.29, 0.717) is 17.5 Å². The van der Waals surface area contributed by atoms with Gasteiger partial charge in [-0.25, -0.2) is 4.79 Å². The molecule has 3 aromatic carbocycles. The zero-order chi connectivity index (χ0) is 21.3. The Morgan fingerprint density at radius 3 is 2.40 bits per heavy atom. The van der Waals surface area contributed by atoms with E-state index in [2.05, 4.69) is 17.7 Å². The van der Waals surface area contributed by atoms with Gasteiger partial charge in [0, 0.05) is 35.6 Å². The zero-order valence-electron chi connectivity index (χ0n) is 16.7. The molecule has 0 aliphatic carbocycles. The van der Waals surface area contributed by atoms with Crippen LogP contribution in [0.25, 0.3) is 22.0 Å². The number of carboxylic acids is 1. The van der Waals surface area contributed by atoms with Crippen molar-refractivity contribution in [3.63, 3.8) is 0 Å². The molecule has 1 aromatic heterocycles. The van der Waals surface area contributed by atoms with Crippen molar-refractivity contribution < 1.29 is 9.90 Å². The first-order chi connectivity index (χ1) is 14.5. The standard InChI is InChI=1S/C25H23N3O2/c1-2-28-15-18(20-12-11-17(24(26)27)14-23(20)28)13-16-7-3-4-8-19(16)21-9-5-6-10-22(21)25(29)30/h3-12,14-15H,2,13H2,1H3,(H3,26,27)(H,29,30). The minimum Gasteiger partial charge on any atom is -0.478 e. The summed E-state index contributed by atoms with van der Waals surface area (Å²) in [5.74, 6) is -0.877. The molecule has 0 unspecified atom stereocenters. The lowest BCUT2D eigenvalue weighted by molar-refractivity contribution is 0.0697. The number of nitrogen functional groups attached to an aromatic ring is 1. The number of aromatic nitrogens is 1. The number of amidine groups is 1. The predicted octanol–water partition coefficient (Wildman–Crippen LogP) is 4.90. The van der Waals surface area contributed by atoms with E-state index in [1.54, 1.807) is 12.1 Å². The fourth-order valence-corrected chi connectivity index (χ4v) is 3.98. The molecule has 0 fully saturated rings. The summed E-state index contributed by atoms with van der Waals surface area (Å²) in [5.41, 5.74) is 11.6. The summed E-state index contributed by atoms with van der Waals surface area (Å²) in [6.45, 7) is 2.89. The Bertz CT molecular complexity index is 1270. The summed E-state index contributed by atoms with van der Waals surface area (Å²) in [5, 5.41) is 18.5. The van der Waals surface area contributed by atoms with Crippen molar-refractivity contribution in [1.29, 1.82) is 5.41 Å². The van der Waals surface area contributed by atoms with Crippen LogP contribution in [0, 0.1) is 5.41 Å². The van der Waals surface area contributed by atoms with Gasteiger partial charge in [0.05, 0.1) is 5.56 Å². The van der Waals surface area contributed by atoms with Crippen molar-refractivity contribution in [2.45, 2.75) is 19.9 Å². The number of carbonyl (C=O) groups is 1. The van der Waals surface area contributed by atoms with Crippen molar-refractivity contribution >= 4 is 22.7 Å². The molecule has 0 bridgehead atoms. The van der Waals surface area contributed by atoms with Crippen molar-refractivity contribution in [3.8, 4) is 11.1 Å². The van der Waals surface area contributed by atoms with E-state index in [4.69, 9.17) is 11.1 Å². The quantitative estimate of drug-likeness (QED) is 0.319. The highest BCUT2D eigenvalue weighted by atomic mass is 16.4. The molecule has 1 heterocycles. The van der Waals surface area contributed by atoms with Gasteiger partial charge in [-0.1, -0.05) is 54.6 Å². The van der Waals surface area contributed by atoms with E-state index in [9.17, 15) is 9.90 Å². The van der Waals surface area contributed by atoms with E-state index in [1.165, 1.54) is 0 Å². The maximum absolute atomic E-state index is 11.7. The van der Waals surface area contributed by atoms with Gasteiger partial charge in [0.15, 0.2) is 0 Å². The normalized spacial score (nSPS) is 11.0. The van der Waals surface area contributed by atoms with Crippen LogP contribution < -0.4 is 5.73 Å². The minimum atomic E-state index is -0.931. The number of hydrogen-bond donors (Lipinski definition) is 3. The average Bonchev–Trinajstić information content (AvgIpc) is 3.11. The Hall–Kier alpha value is -3.86. The molecule has 0 aliphatic rings. The van der Waals surface area contributed by atoms with Crippen LogP contribution in [0.1, 0.15) is 34.0 Å². The monoisotopic (exact) mass is 397 g/mol. The van der Waals surface area contributed by atoms with Gasteiger partial charge in [0.1, 0.15) is 5.84 Å². The second kappa shape index (κ2) is 7.87. The molecule has 0 atom stereocenters. The molecule has 4 N–H and O–H groups in total. The minimum absolute atomic E-state index is 0.0536. The van der Waals surface area contributed by atoms with Crippen molar-refractivity contribution in [1.82, 2.24) is 4.57 Å². The number of aryl methyl sites for hydroxylation is 1. The number of benzene rings is 3. The van der Waals surface area contributed by atoms with Crippen LogP contribution in [0.2, 0.25) is 0 Å². The van der Waals surface area contributed by atoms with E-state index in [-0.39, 0.29) is 5.84 Å². The van der Waals surface area contributed by atoms with Crippen LogP contribution >= 0.6 is 0 Å². The van der Waals surface area contributed by atoms with Gasteiger partial charge in [-0.05, 0) is 41.3 Å². The van der Waals surface area contributed by atoms with E-state index >= 15 is 0 Å². The number of carboxylic acid groups (broad SMARTS) is 1. The lowest BCUT2D eigenvalue weighted by atomic mass is 9.92. The lowest BCUT2D eigenvalue weighted by Gasteiger charge is -2.12. The molecule has 5 nitrogen and oxygen atoms in total. The Labute approximate surface area is 174 Å². The van der Waals surface area contributed by atoms with Crippen LogP contribution in [-0.4, -0.2) is 21.5 Å². The maximum atomic E-state index is 11.7. The largest absolute Gasteiger partial charge is 0.478 e. The number of nitrogens with two attached hydrogens (primary N) is 1. The molecular weight excluding hydrogens is 374 g/mol. The van der Waals surface area contributed by atoms with Crippen molar-refractivity contribution in [2.75, 3.05) is 0 Å². The van der Waals surface area contributed by atoms with Crippen LogP contribution in [0.15, 0.2) is 72.9 Å². The van der Waals surface area contributed by atoms with Gasteiger partial charge in [-0.15, -0.1) is 0 Å². The molecule has 4 rings (SSSR count). The van der Waals surface area contributed by atoms with Gasteiger partial charge >= 0.3 is 5.97 Å². The van der Waals surface area contributed by atoms with Crippen molar-refractivity contribution in [3.05, 3.63) is 95.2 Å². The second-order valence-corrected chi connectivity index (χ2v) is 7.27. The molecule has 0 amide bonds. The average molecular weight is 397 g/mol. The molecule has 0 saturated heterocycles. The van der Waals surface area contributed by atoms with Gasteiger partial charge in [-0.2, -0.15) is 0 Å². The highest BCUT2D eigenvalue weighted by Crippen LogP contribution is 2.31. The first-order valence-corrected chi connectivity index (χ1v) is 9.86. The fourth-order valence-electron chi connectivity index (χ4n) is 3.98. The topological polar surface area (TPSA) is 92.1 Å². The Morgan fingerprint density at radius 2 is 1.70 bits per heavy atom. The second-order valence-electron chi connectivity index (χ2n) is 7.27. The third-order valence-corrected chi connectivity index (χ3v) is 5.46. The Morgan fingerprint density at radius 1 is 1.00 bits per heavy atom. The summed E-state index contributed by atoms with van der Waals surface area (Å²) in [6, 6.07) is 20.9. The summed E-state index contributed by atoms with van der Waals surface area (Å²) in [7, 11) is 0. The van der Waals surface area contributed by atoms with E-state index in [0.717, 1.165) is 39.7 Å². The summed E-state index contributed by atoms with van der Waals surface area (Å²) >= 11 is 0. The first kappa shape index (κ1) is 19.5. The van der Waals surface area contributed by atoms with Crippen LogP contribution in [0.5, 0.6) is 0 Å². The maximum Gasteiger partial charge on any atom is 0.336 e. The number of aromatic carboxylic acids is 1. The fraction of sp³-hybridized carbons (Fsp3) is 0.120. The van der Waals surface area contributed by atoms with E-state index < -0.39 is 5.97 Å². The van der Waals surface area contributed by atoms with E-state index in [1.807, 2.05) is 54.6 Å². The van der Waals surface area contributed by atoms with Crippen LogP contribution in [0.3, 0.4) is 0 Å². The summed E-state index contributed by atoms with van der Waals surface area (Å²) in [4.78, 5) is 11.7. The highest BCUT2D eigenvalue weighted by Gasteiger charge is 2.16. The van der Waals surface area contributed by atoms with Gasteiger partial charge < -0.3 is 15.4 Å². The molecule has 0 aliphatic heterocycles. The number of nitrogens with one attached hydrogen (secondary N) is 1. The predicted molar refractivity (Wildman–Crippen MR) is 120 cm³/mol. The summed E-state index contributed by atoms with van der Waals surface area (Å²) < 4.78 is 2.16. The van der Waals surface area contributed by atoms with Gasteiger partial charge in [0.2, 0.25) is 0 Å². The number of hydrogen-bond acceptors (Lipinski definition) is 2. The molecule has 4 aromatic rings. The van der Waals surface area contributed by atoms with Gasteiger partial charge in [0.25, 0.3) is 0 Å². The number of fused-ring (bicyclic) bond motifs is 1. The molecule has 5 heteroatoms. The zero-order valence-corrected chi connectivity index (χ0v) is 16.7. The molecule has 0 saturated carbocycles. The molecule has 30 heavy (non-hydrogen) atoms. The molecule has 0 radical (unpaired) electrons. The lowest BCUT2D eigenvalue weighted by Crippen LogP contribution is -2.10. The van der Waals surface area contributed by atoms with Crippen molar-refractivity contribution in [2.24, 2.45) is 5.73 Å². The highest BCUT2D eigenvalue weighted by molar-refractivity contribution is 5.99. The SMILES string of the molecule is CCn1cc(Cc2ccccc2-c2ccccc2C(=O)O)c2ccc(C(=N)N)cc21. The third-order valence-electron chi connectivity index (χ3n) is 5.46. The molecule has 0 spiro atoms. The smallest absolute Gasteiger partial charge is 0.336 e. The van der Waals surface area contributed by atoms with Crippen LogP contribution in [-0.2, 0) is 13.0 Å².